The van der Waals surface area contributed by atoms with Crippen molar-refractivity contribution in [3.05, 3.63) is 22.1 Å². The molecule has 0 fully saturated rings. The Balaban J connectivity index is -0.000000380. The molecule has 5 heteroatoms. The molecule has 1 aliphatic rings. The van der Waals surface area contributed by atoms with Crippen LogP contribution in [0.4, 0.5) is 0 Å². The van der Waals surface area contributed by atoms with Gasteiger partial charge in [-0.25, -0.2) is 0 Å². The zero-order valence-electron chi connectivity index (χ0n) is 15.6. The van der Waals surface area contributed by atoms with E-state index in [-0.39, 0.29) is 40.3 Å². The molecule has 1 aliphatic carbocycles. The van der Waals surface area contributed by atoms with Crippen molar-refractivity contribution < 1.29 is 45.2 Å². The summed E-state index contributed by atoms with van der Waals surface area (Å²) in [5.74, 6) is 0. The first-order valence-electron chi connectivity index (χ1n) is 7.36. The van der Waals surface area contributed by atoms with Gasteiger partial charge in [-0.1, -0.05) is 62.3 Å². The van der Waals surface area contributed by atoms with Crippen LogP contribution >= 0.6 is 7.05 Å². The van der Waals surface area contributed by atoms with Gasteiger partial charge >= 0.3 is 49.0 Å². The summed E-state index contributed by atoms with van der Waals surface area (Å²) >= 11 is 2.14. The van der Waals surface area contributed by atoms with E-state index in [0.29, 0.717) is 0 Å². The van der Waals surface area contributed by atoms with Crippen molar-refractivity contribution >= 4 is 7.05 Å². The normalized spacial score (nSPS) is 15.1. The van der Waals surface area contributed by atoms with Gasteiger partial charge in [0.25, 0.3) is 0 Å². The number of hydrogen-bond donors (Lipinski definition) is 1. The molecule has 1 nitrogen and oxygen atoms in total. The predicted octanol–water partition coefficient (Wildman–Crippen LogP) is 0.547. The molecular weight excluding hydrogens is 368 g/mol. The maximum absolute atomic E-state index is 8.99. The van der Waals surface area contributed by atoms with Crippen molar-refractivity contribution in [2.45, 2.75) is 84.2 Å². The van der Waals surface area contributed by atoms with E-state index in [1.165, 1.54) is 10.3 Å². The van der Waals surface area contributed by atoms with Crippen LogP contribution in [0.5, 0.6) is 0 Å². The fourth-order valence-electron chi connectivity index (χ4n) is 3.47. The van der Waals surface area contributed by atoms with Gasteiger partial charge in [-0.3, -0.25) is 0 Å². The Hall–Kier alpha value is 1.00. The van der Waals surface area contributed by atoms with Crippen molar-refractivity contribution in [3.63, 3.8) is 0 Å². The molecule has 0 bridgehead atoms. The Kier molecular flexibility index (Phi) is 12.0. The Labute approximate surface area is 163 Å². The van der Waals surface area contributed by atoms with Crippen LogP contribution in [0, 0.1) is 5.16 Å². The van der Waals surface area contributed by atoms with Gasteiger partial charge in [0.05, 0.1) is 0 Å². The topological polar surface area (TPSA) is 23.9 Å². The summed E-state index contributed by atoms with van der Waals surface area (Å²) < 4.78 is 1.47. The predicted molar refractivity (Wildman–Crippen MR) is 90.7 cm³/mol. The van der Waals surface area contributed by atoms with Crippen LogP contribution in [-0.2, 0) is 20.4 Å². The SMILES string of the molecule is CC(C)(C)P(=N)(C(C)(C)C)C(C)(C)C.[Cl-].[Cl-].[Ti+2][C]1=CC=CC1. The first kappa shape index (κ1) is 27.8. The molecule has 0 spiro atoms. The van der Waals surface area contributed by atoms with Crippen molar-refractivity contribution in [1.29, 1.82) is 5.16 Å². The van der Waals surface area contributed by atoms with E-state index in [0.717, 1.165) is 0 Å². The third-order valence-corrected chi connectivity index (χ3v) is 10.4. The van der Waals surface area contributed by atoms with Gasteiger partial charge in [-0.15, -0.1) is 0 Å². The van der Waals surface area contributed by atoms with Gasteiger partial charge in [0.2, 0.25) is 0 Å². The third-order valence-electron chi connectivity index (χ3n) is 3.79. The first-order chi connectivity index (χ1) is 8.64. The van der Waals surface area contributed by atoms with Crippen LogP contribution in [-0.4, -0.2) is 15.5 Å². The summed E-state index contributed by atoms with van der Waals surface area (Å²) in [5, 5.41) is 9.29. The van der Waals surface area contributed by atoms with Crippen molar-refractivity contribution in [1.82, 2.24) is 0 Å². The van der Waals surface area contributed by atoms with Gasteiger partial charge in [0.15, 0.2) is 0 Å². The average Bonchev–Trinajstić information content (AvgIpc) is 2.63. The quantitative estimate of drug-likeness (QED) is 0.453. The Morgan fingerprint density at radius 1 is 0.864 bits per heavy atom. The van der Waals surface area contributed by atoms with Crippen LogP contribution < -0.4 is 24.8 Å². The molecule has 0 aromatic heterocycles. The van der Waals surface area contributed by atoms with Crippen LogP contribution in [0.25, 0.3) is 0 Å². The van der Waals surface area contributed by atoms with Crippen LogP contribution in [0.2, 0.25) is 0 Å². The van der Waals surface area contributed by atoms with Gasteiger partial charge in [-0.05, 0) is 22.5 Å². The van der Waals surface area contributed by atoms with Gasteiger partial charge < -0.3 is 30.0 Å². The van der Waals surface area contributed by atoms with E-state index in [1.54, 1.807) is 0 Å². The fourth-order valence-corrected chi connectivity index (χ4v) is 9.84. The molecule has 0 amide bonds. The first-order valence-corrected chi connectivity index (χ1v) is 9.93. The number of allylic oxidation sites excluding steroid dienone is 4. The summed E-state index contributed by atoms with van der Waals surface area (Å²) in [4.78, 5) is 0. The van der Waals surface area contributed by atoms with E-state index in [2.05, 4.69) is 101 Å². The van der Waals surface area contributed by atoms with E-state index in [4.69, 9.17) is 5.16 Å². The standard InChI is InChI=1S/C12H28NP.C5H5.2ClH.Ti/c1-10(2,3)14(13,11(4,5)6)12(7,8)9;1-2-4-5-3-1;;;/h13H,1-9H3;1-3H,4H2;2*1H;/q;;;;+2/p-2. The molecule has 0 aromatic rings. The number of hydrogen-bond acceptors (Lipinski definition) is 1. The summed E-state index contributed by atoms with van der Waals surface area (Å²) in [6.45, 7) is 20.0. The van der Waals surface area contributed by atoms with Crippen molar-refractivity contribution in [3.8, 4) is 0 Å². The number of halogens is 2. The Bertz CT molecular complexity index is 392. The second kappa shape index (κ2) is 9.48. The minimum atomic E-state index is -1.77. The van der Waals surface area contributed by atoms with Crippen LogP contribution in [0.3, 0.4) is 0 Å². The number of rotatable bonds is 0. The molecular formula is C17H33Cl2NPTi. The Morgan fingerprint density at radius 2 is 1.18 bits per heavy atom. The molecule has 0 atom stereocenters. The molecule has 0 unspecified atom stereocenters. The van der Waals surface area contributed by atoms with E-state index < -0.39 is 7.05 Å². The van der Waals surface area contributed by atoms with E-state index in [1.807, 2.05) is 0 Å². The zero-order chi connectivity index (χ0) is 16.4. The fraction of sp³-hybridized carbons (Fsp3) is 0.765. The zero-order valence-corrected chi connectivity index (χ0v) is 19.6. The van der Waals surface area contributed by atoms with Crippen molar-refractivity contribution in [2.75, 3.05) is 0 Å². The molecule has 0 radical (unpaired) electrons. The van der Waals surface area contributed by atoms with E-state index in [9.17, 15) is 0 Å². The maximum atomic E-state index is 8.99. The molecule has 1 rings (SSSR count). The molecule has 0 heterocycles. The van der Waals surface area contributed by atoms with Gasteiger partial charge in [0.1, 0.15) is 0 Å². The average molecular weight is 401 g/mol. The van der Waals surface area contributed by atoms with Crippen LogP contribution in [0.15, 0.2) is 22.1 Å². The van der Waals surface area contributed by atoms with Gasteiger partial charge in [0, 0.05) is 0 Å². The molecule has 0 saturated carbocycles. The summed E-state index contributed by atoms with van der Waals surface area (Å²) in [7, 11) is -1.77. The molecule has 0 aliphatic heterocycles. The van der Waals surface area contributed by atoms with E-state index >= 15 is 0 Å². The molecule has 129 valence electrons. The Morgan fingerprint density at radius 3 is 1.23 bits per heavy atom. The molecule has 1 N–H and O–H groups in total. The minimum absolute atomic E-state index is 0. The summed E-state index contributed by atoms with van der Waals surface area (Å²) in [6, 6.07) is 0. The molecule has 0 saturated heterocycles. The second-order valence-corrected chi connectivity index (χ2v) is 14.9. The summed E-state index contributed by atoms with van der Waals surface area (Å²) in [6.07, 6.45) is 7.56. The monoisotopic (exact) mass is 400 g/mol. The van der Waals surface area contributed by atoms with Crippen LogP contribution in [0.1, 0.15) is 68.7 Å². The van der Waals surface area contributed by atoms with Gasteiger partial charge in [-0.2, -0.15) is 0 Å². The second-order valence-electron chi connectivity index (χ2n) is 8.51. The molecule has 0 aromatic carbocycles. The third kappa shape index (κ3) is 6.86. The summed E-state index contributed by atoms with van der Waals surface area (Å²) in [5.41, 5.74) is 0. The number of nitrogens with one attached hydrogen (secondary N) is 1. The van der Waals surface area contributed by atoms with Crippen molar-refractivity contribution in [2.24, 2.45) is 0 Å². The molecule has 22 heavy (non-hydrogen) atoms.